The van der Waals surface area contributed by atoms with Crippen LogP contribution in [0.2, 0.25) is 0 Å². The van der Waals surface area contributed by atoms with Crippen molar-refractivity contribution in [3.8, 4) is 0 Å². The number of hydrogen-bond donors (Lipinski definition) is 3. The third kappa shape index (κ3) is 4.23. The normalized spacial score (nSPS) is 9.93. The van der Waals surface area contributed by atoms with E-state index in [9.17, 15) is 9.59 Å². The van der Waals surface area contributed by atoms with Crippen LogP contribution in [0, 0.1) is 0 Å². The molecule has 3 amide bonds. The van der Waals surface area contributed by atoms with E-state index in [4.69, 9.17) is 5.73 Å². The van der Waals surface area contributed by atoms with Crippen molar-refractivity contribution in [1.29, 1.82) is 0 Å². The molecule has 0 radical (unpaired) electrons. The summed E-state index contributed by atoms with van der Waals surface area (Å²) >= 11 is 0. The largest absolute Gasteiger partial charge is 0.351 e. The second-order valence-electron chi connectivity index (χ2n) is 3.00. The molecule has 4 N–H and O–H groups in total. The van der Waals surface area contributed by atoms with Gasteiger partial charge >= 0.3 is 6.03 Å². The Kier molecular flexibility index (Phi) is 3.81. The third-order valence-corrected chi connectivity index (χ3v) is 1.62. The number of carbonyl (C=O) groups excluding carboxylic acids is 2. The molecule has 0 aliphatic rings. The first-order valence-corrected chi connectivity index (χ1v) is 4.36. The summed E-state index contributed by atoms with van der Waals surface area (Å²) in [5.41, 5.74) is 5.59. The zero-order chi connectivity index (χ0) is 11.3. The van der Waals surface area contributed by atoms with E-state index in [1.807, 2.05) is 18.4 Å². The number of nitrogens with one attached hydrogen (secondary N) is 2. The number of urea groups is 1. The van der Waals surface area contributed by atoms with Gasteiger partial charge in [0.1, 0.15) is 0 Å². The van der Waals surface area contributed by atoms with Gasteiger partial charge in [0.2, 0.25) is 5.91 Å². The number of aryl methyl sites for hydroxylation is 1. The van der Waals surface area contributed by atoms with E-state index in [1.54, 1.807) is 10.9 Å². The molecule has 0 saturated carbocycles. The van der Waals surface area contributed by atoms with Crippen LogP contribution in [-0.2, 0) is 18.4 Å². The van der Waals surface area contributed by atoms with Gasteiger partial charge in [-0.3, -0.25) is 14.8 Å². The van der Waals surface area contributed by atoms with Gasteiger partial charge in [-0.1, -0.05) is 0 Å². The van der Waals surface area contributed by atoms with Crippen LogP contribution >= 0.6 is 0 Å². The van der Waals surface area contributed by atoms with Crippen molar-refractivity contribution in [2.24, 2.45) is 12.8 Å². The summed E-state index contributed by atoms with van der Waals surface area (Å²) in [5.74, 6) is -0.460. The molecule has 0 spiro atoms. The lowest BCUT2D eigenvalue weighted by Crippen LogP contribution is -2.40. The fraction of sp³-hybridized carbons (Fsp3) is 0.375. The Morgan fingerprint density at radius 2 is 2.33 bits per heavy atom. The summed E-state index contributed by atoms with van der Waals surface area (Å²) < 4.78 is 1.67. The molecule has 0 aliphatic heterocycles. The van der Waals surface area contributed by atoms with E-state index in [0.717, 1.165) is 5.69 Å². The van der Waals surface area contributed by atoms with Gasteiger partial charge in [0.15, 0.2) is 0 Å². The van der Waals surface area contributed by atoms with Gasteiger partial charge < -0.3 is 11.1 Å². The van der Waals surface area contributed by atoms with Crippen LogP contribution in [-0.4, -0.2) is 28.3 Å². The van der Waals surface area contributed by atoms with Crippen LogP contribution in [0.25, 0.3) is 0 Å². The molecule has 7 heteroatoms. The molecule has 0 bridgehead atoms. The minimum absolute atomic E-state index is 0.0273. The molecule has 0 aromatic carbocycles. The number of nitrogens with zero attached hydrogens (tertiary/aromatic N) is 2. The van der Waals surface area contributed by atoms with Gasteiger partial charge in [-0.15, -0.1) is 0 Å². The van der Waals surface area contributed by atoms with Crippen LogP contribution in [0.1, 0.15) is 5.69 Å². The van der Waals surface area contributed by atoms with Crippen LogP contribution in [0.5, 0.6) is 0 Å². The predicted molar refractivity (Wildman–Crippen MR) is 52.6 cm³/mol. The van der Waals surface area contributed by atoms with Gasteiger partial charge in [-0.05, 0) is 6.07 Å². The van der Waals surface area contributed by atoms with Gasteiger partial charge in [0.05, 0.1) is 12.2 Å². The zero-order valence-electron chi connectivity index (χ0n) is 8.36. The van der Waals surface area contributed by atoms with Crippen LogP contribution < -0.4 is 16.4 Å². The topological polar surface area (TPSA) is 102 Å². The average Bonchev–Trinajstić information content (AvgIpc) is 2.50. The Balaban J connectivity index is 2.22. The molecule has 7 nitrogen and oxygen atoms in total. The third-order valence-electron chi connectivity index (χ3n) is 1.62. The predicted octanol–water partition coefficient (Wildman–Crippen LogP) is -1.30. The van der Waals surface area contributed by atoms with Gasteiger partial charge in [0, 0.05) is 19.8 Å². The Hall–Kier alpha value is -1.89. The van der Waals surface area contributed by atoms with E-state index in [1.165, 1.54) is 0 Å². The maximum atomic E-state index is 10.9. The molecular formula is C8H13N5O2. The second kappa shape index (κ2) is 5.11. The van der Waals surface area contributed by atoms with Crippen molar-refractivity contribution in [2.75, 3.05) is 6.54 Å². The lowest BCUT2D eigenvalue weighted by molar-refractivity contribution is -0.119. The second-order valence-corrected chi connectivity index (χ2v) is 3.00. The van der Waals surface area contributed by atoms with Gasteiger partial charge in [0.25, 0.3) is 0 Å². The molecule has 15 heavy (non-hydrogen) atoms. The minimum Gasteiger partial charge on any atom is -0.351 e. The Morgan fingerprint density at radius 1 is 1.60 bits per heavy atom. The van der Waals surface area contributed by atoms with E-state index in [2.05, 4.69) is 10.4 Å². The minimum atomic E-state index is -0.848. The molecule has 82 valence electrons. The summed E-state index contributed by atoms with van der Waals surface area (Å²) in [6.07, 6.45) is 1.81. The van der Waals surface area contributed by atoms with Gasteiger partial charge in [-0.2, -0.15) is 5.10 Å². The SMILES string of the molecule is Cn1ccc(CNCC(=O)NC(N)=O)n1. The molecule has 0 saturated heterocycles. The summed E-state index contributed by atoms with van der Waals surface area (Å²) in [4.78, 5) is 21.2. The summed E-state index contributed by atoms with van der Waals surface area (Å²) in [6.45, 7) is 0.493. The van der Waals surface area contributed by atoms with Crippen LogP contribution in [0.4, 0.5) is 4.79 Å². The molecular weight excluding hydrogens is 198 g/mol. The molecule has 0 fully saturated rings. The first kappa shape index (κ1) is 11.2. The maximum absolute atomic E-state index is 10.9. The molecule has 0 aliphatic carbocycles. The number of carbonyl (C=O) groups is 2. The number of primary amides is 1. The molecule has 1 rings (SSSR count). The van der Waals surface area contributed by atoms with E-state index in [0.29, 0.717) is 6.54 Å². The number of amides is 3. The highest BCUT2D eigenvalue weighted by Crippen LogP contribution is 1.91. The zero-order valence-corrected chi connectivity index (χ0v) is 8.36. The van der Waals surface area contributed by atoms with E-state index < -0.39 is 11.9 Å². The van der Waals surface area contributed by atoms with Crippen molar-refractivity contribution >= 4 is 11.9 Å². The van der Waals surface area contributed by atoms with E-state index >= 15 is 0 Å². The Labute approximate surface area is 86.6 Å². The maximum Gasteiger partial charge on any atom is 0.318 e. The Bertz CT molecular complexity index is 360. The van der Waals surface area contributed by atoms with E-state index in [-0.39, 0.29) is 6.54 Å². The molecule has 1 heterocycles. The molecule has 1 aromatic rings. The number of imide groups is 1. The summed E-state index contributed by atoms with van der Waals surface area (Å²) in [5, 5.41) is 8.87. The smallest absolute Gasteiger partial charge is 0.318 e. The summed E-state index contributed by atoms with van der Waals surface area (Å²) in [7, 11) is 1.81. The fourth-order valence-electron chi connectivity index (χ4n) is 1.04. The lowest BCUT2D eigenvalue weighted by atomic mass is 10.4. The highest BCUT2D eigenvalue weighted by atomic mass is 16.2. The molecule has 0 atom stereocenters. The quantitative estimate of drug-likeness (QED) is 0.576. The van der Waals surface area contributed by atoms with Crippen molar-refractivity contribution < 1.29 is 9.59 Å². The highest BCUT2D eigenvalue weighted by molar-refractivity contribution is 5.94. The first-order valence-electron chi connectivity index (χ1n) is 4.36. The monoisotopic (exact) mass is 211 g/mol. The molecule has 1 aromatic heterocycles. The number of rotatable bonds is 4. The van der Waals surface area contributed by atoms with Crippen molar-refractivity contribution in [3.05, 3.63) is 18.0 Å². The van der Waals surface area contributed by atoms with Crippen molar-refractivity contribution in [3.63, 3.8) is 0 Å². The lowest BCUT2D eigenvalue weighted by Gasteiger charge is -2.01. The fourth-order valence-corrected chi connectivity index (χ4v) is 1.04. The summed E-state index contributed by atoms with van der Waals surface area (Å²) in [6, 6.07) is 0.985. The molecule has 0 unspecified atom stereocenters. The van der Waals surface area contributed by atoms with Gasteiger partial charge in [-0.25, -0.2) is 4.79 Å². The average molecular weight is 211 g/mol. The van der Waals surface area contributed by atoms with Crippen molar-refractivity contribution in [2.45, 2.75) is 6.54 Å². The van der Waals surface area contributed by atoms with Crippen LogP contribution in [0.3, 0.4) is 0 Å². The number of nitrogens with two attached hydrogens (primary N) is 1. The van der Waals surface area contributed by atoms with Crippen LogP contribution in [0.15, 0.2) is 12.3 Å². The van der Waals surface area contributed by atoms with Crippen molar-refractivity contribution in [1.82, 2.24) is 20.4 Å². The number of aromatic nitrogens is 2. The number of hydrogen-bond acceptors (Lipinski definition) is 4. The first-order chi connectivity index (χ1) is 7.08. The standard InChI is InChI=1S/C8H13N5O2/c1-13-3-2-6(12-13)4-10-5-7(14)11-8(9)15/h2-3,10H,4-5H2,1H3,(H3,9,11,14,15). The Morgan fingerprint density at radius 3 is 2.87 bits per heavy atom. The highest BCUT2D eigenvalue weighted by Gasteiger charge is 2.03.